The molecule has 0 aromatic heterocycles. The zero-order valence-corrected chi connectivity index (χ0v) is 12.1. The largest absolute Gasteiger partial charge is 0.0990 e. The molecular weight excluding hydrogens is 228 g/mol. The second-order valence-electron chi connectivity index (χ2n) is 4.04. The van der Waals surface area contributed by atoms with Gasteiger partial charge < -0.3 is 0 Å². The minimum atomic E-state index is 1.11. The first-order chi connectivity index (χ1) is 9.27. The molecule has 0 heteroatoms. The van der Waals surface area contributed by atoms with E-state index in [0.29, 0.717) is 0 Å². The van der Waals surface area contributed by atoms with E-state index < -0.39 is 0 Å². The van der Waals surface area contributed by atoms with Crippen LogP contribution in [0, 0.1) is 6.92 Å². The van der Waals surface area contributed by atoms with Gasteiger partial charge in [0.1, 0.15) is 0 Å². The maximum Gasteiger partial charge on any atom is -0.0103 e. The van der Waals surface area contributed by atoms with Crippen LogP contribution in [0.2, 0.25) is 0 Å². The maximum absolute atomic E-state index is 3.87. The molecule has 0 heterocycles. The summed E-state index contributed by atoms with van der Waals surface area (Å²) in [6.07, 6.45) is 5.66. The van der Waals surface area contributed by atoms with E-state index in [9.17, 15) is 0 Å². The number of rotatable bonds is 3. The van der Waals surface area contributed by atoms with Crippen molar-refractivity contribution < 1.29 is 0 Å². The van der Waals surface area contributed by atoms with Gasteiger partial charge in [-0.25, -0.2) is 0 Å². The fraction of sp³-hybridized carbons (Fsp3) is 0.158. The Morgan fingerprint density at radius 3 is 2.16 bits per heavy atom. The van der Waals surface area contributed by atoms with E-state index in [1.165, 1.54) is 21.9 Å². The summed E-state index contributed by atoms with van der Waals surface area (Å²) in [5.41, 5.74) is 3.61. The van der Waals surface area contributed by atoms with Gasteiger partial charge in [0, 0.05) is 0 Å². The fourth-order valence-electron chi connectivity index (χ4n) is 2.10. The summed E-state index contributed by atoms with van der Waals surface area (Å²) in [5.74, 6) is 0. The monoisotopic (exact) mass is 250 g/mol. The molecular formula is C19H22. The van der Waals surface area contributed by atoms with Crippen molar-refractivity contribution >= 4 is 16.3 Å². The molecule has 0 nitrogen and oxygen atoms in total. The quantitative estimate of drug-likeness (QED) is 0.592. The second-order valence-corrected chi connectivity index (χ2v) is 4.04. The molecule has 0 spiro atoms. The lowest BCUT2D eigenvalue weighted by atomic mass is 9.95. The van der Waals surface area contributed by atoms with Gasteiger partial charge in [-0.1, -0.05) is 81.6 Å². The molecule has 98 valence electrons. The Morgan fingerprint density at radius 1 is 0.947 bits per heavy atom. The molecule has 2 rings (SSSR count). The summed E-state index contributed by atoms with van der Waals surface area (Å²) >= 11 is 0. The summed E-state index contributed by atoms with van der Waals surface area (Å²) in [7, 11) is 0. The first-order valence-electron chi connectivity index (χ1n) is 6.72. The Labute approximate surface area is 116 Å². The molecule has 0 aliphatic carbocycles. The first-order valence-corrected chi connectivity index (χ1v) is 6.72. The molecule has 0 aliphatic rings. The predicted octanol–water partition coefficient (Wildman–Crippen LogP) is 5.93. The maximum atomic E-state index is 3.87. The highest BCUT2D eigenvalue weighted by Crippen LogP contribution is 2.28. The number of benzene rings is 2. The highest BCUT2D eigenvalue weighted by molar-refractivity contribution is 5.97. The Balaban J connectivity index is 0.000000861. The van der Waals surface area contributed by atoms with Crippen LogP contribution >= 0.6 is 0 Å². The number of hydrogen-bond acceptors (Lipinski definition) is 0. The van der Waals surface area contributed by atoms with Crippen LogP contribution in [-0.2, 0) is 0 Å². The van der Waals surface area contributed by atoms with Gasteiger partial charge >= 0.3 is 0 Å². The smallest absolute Gasteiger partial charge is 0.0103 e. The summed E-state index contributed by atoms with van der Waals surface area (Å²) in [4.78, 5) is 0. The predicted molar refractivity (Wildman–Crippen MR) is 88.4 cm³/mol. The minimum Gasteiger partial charge on any atom is -0.0990 e. The second kappa shape index (κ2) is 7.38. The molecule has 19 heavy (non-hydrogen) atoms. The van der Waals surface area contributed by atoms with Crippen LogP contribution in [-0.4, -0.2) is 0 Å². The summed E-state index contributed by atoms with van der Waals surface area (Å²) in [6, 6.07) is 12.7. The molecule has 0 saturated heterocycles. The van der Waals surface area contributed by atoms with Gasteiger partial charge in [-0.15, -0.1) is 0 Å². The van der Waals surface area contributed by atoms with E-state index in [0.717, 1.165) is 5.57 Å². The van der Waals surface area contributed by atoms with Crippen LogP contribution in [0.3, 0.4) is 0 Å². The summed E-state index contributed by atoms with van der Waals surface area (Å²) in [6.45, 7) is 13.8. The lowest BCUT2D eigenvalue weighted by Gasteiger charge is -2.09. The standard InChI is InChI=1S/C17H16.C2H6/c1-4-8-14(5-2)16-12-11-13(3)15-9-6-7-10-17(15)16;1-2/h4-12H,1-2H2,3H3;1-2H3/b14-8+;. The Morgan fingerprint density at radius 2 is 1.58 bits per heavy atom. The third-order valence-corrected chi connectivity index (χ3v) is 2.97. The topological polar surface area (TPSA) is 0 Å². The number of hydrogen-bond donors (Lipinski definition) is 0. The molecule has 0 unspecified atom stereocenters. The number of fused-ring (bicyclic) bond motifs is 1. The van der Waals surface area contributed by atoms with E-state index in [-0.39, 0.29) is 0 Å². The average Bonchev–Trinajstić information content (AvgIpc) is 2.48. The SMILES string of the molecule is C=C/C=C(\C=C)c1ccc(C)c2ccccc12.CC. The molecule has 0 fully saturated rings. The van der Waals surface area contributed by atoms with Gasteiger partial charge in [-0.3, -0.25) is 0 Å². The van der Waals surface area contributed by atoms with Crippen molar-refractivity contribution in [1.82, 2.24) is 0 Å². The van der Waals surface area contributed by atoms with Crippen molar-refractivity contribution in [2.24, 2.45) is 0 Å². The van der Waals surface area contributed by atoms with E-state index in [1.54, 1.807) is 6.08 Å². The van der Waals surface area contributed by atoms with Gasteiger partial charge in [-0.2, -0.15) is 0 Å². The first kappa shape index (κ1) is 15.0. The Kier molecular flexibility index (Phi) is 5.81. The molecule has 0 atom stereocenters. The lowest BCUT2D eigenvalue weighted by Crippen LogP contribution is -1.86. The van der Waals surface area contributed by atoms with Crippen molar-refractivity contribution in [3.63, 3.8) is 0 Å². The van der Waals surface area contributed by atoms with Crippen LogP contribution in [0.1, 0.15) is 25.0 Å². The normalized spacial score (nSPS) is 10.6. The van der Waals surface area contributed by atoms with Crippen LogP contribution in [0.25, 0.3) is 16.3 Å². The fourth-order valence-corrected chi connectivity index (χ4v) is 2.10. The summed E-state index contributed by atoms with van der Waals surface area (Å²) in [5, 5.41) is 2.56. The lowest BCUT2D eigenvalue weighted by molar-refractivity contribution is 1.50. The zero-order valence-electron chi connectivity index (χ0n) is 12.1. The van der Waals surface area contributed by atoms with Gasteiger partial charge in [0.05, 0.1) is 0 Å². The zero-order chi connectivity index (χ0) is 14.3. The average molecular weight is 250 g/mol. The van der Waals surface area contributed by atoms with Crippen molar-refractivity contribution in [2.45, 2.75) is 20.8 Å². The van der Waals surface area contributed by atoms with E-state index in [4.69, 9.17) is 0 Å². The molecule has 0 saturated carbocycles. The molecule has 0 amide bonds. The number of allylic oxidation sites excluding steroid dienone is 4. The van der Waals surface area contributed by atoms with Gasteiger partial charge in [0.2, 0.25) is 0 Å². The number of aryl methyl sites for hydroxylation is 1. The molecule has 2 aromatic rings. The van der Waals surface area contributed by atoms with Gasteiger partial charge in [0.15, 0.2) is 0 Å². The van der Waals surface area contributed by atoms with Crippen LogP contribution in [0.15, 0.2) is 67.8 Å². The third-order valence-electron chi connectivity index (χ3n) is 2.97. The van der Waals surface area contributed by atoms with Crippen LogP contribution in [0.4, 0.5) is 0 Å². The van der Waals surface area contributed by atoms with Crippen LogP contribution in [0.5, 0.6) is 0 Å². The molecule has 0 N–H and O–H groups in total. The van der Waals surface area contributed by atoms with E-state index >= 15 is 0 Å². The van der Waals surface area contributed by atoms with E-state index in [1.807, 2.05) is 26.0 Å². The van der Waals surface area contributed by atoms with E-state index in [2.05, 4.69) is 56.5 Å². The van der Waals surface area contributed by atoms with Crippen molar-refractivity contribution in [2.75, 3.05) is 0 Å². The van der Waals surface area contributed by atoms with Gasteiger partial charge in [-0.05, 0) is 34.4 Å². The van der Waals surface area contributed by atoms with Crippen molar-refractivity contribution in [3.05, 3.63) is 78.9 Å². The molecule has 2 aromatic carbocycles. The van der Waals surface area contributed by atoms with Crippen molar-refractivity contribution in [3.8, 4) is 0 Å². The minimum absolute atomic E-state index is 1.11. The molecule has 0 radical (unpaired) electrons. The van der Waals surface area contributed by atoms with Crippen molar-refractivity contribution in [1.29, 1.82) is 0 Å². The Hall–Kier alpha value is -2.08. The third kappa shape index (κ3) is 3.23. The molecule has 0 aliphatic heterocycles. The van der Waals surface area contributed by atoms with Gasteiger partial charge in [0.25, 0.3) is 0 Å². The Bertz CT molecular complexity index is 600. The highest BCUT2D eigenvalue weighted by Gasteiger charge is 2.04. The highest BCUT2D eigenvalue weighted by atomic mass is 14.1. The molecule has 0 bridgehead atoms. The summed E-state index contributed by atoms with van der Waals surface area (Å²) < 4.78 is 0. The van der Waals surface area contributed by atoms with Crippen LogP contribution < -0.4 is 0 Å².